The van der Waals surface area contributed by atoms with Crippen molar-refractivity contribution in [2.75, 3.05) is 26.4 Å². The average Bonchev–Trinajstić information content (AvgIpc) is 2.85. The molecule has 0 bridgehead atoms. The van der Waals surface area contributed by atoms with Crippen LogP contribution in [-0.2, 0) is 4.79 Å². The fraction of sp³-hybridized carbons (Fsp3) is 0.261. The third-order valence-electron chi connectivity index (χ3n) is 4.29. The molecule has 0 heterocycles. The number of nitrogens with zero attached hydrogens (tertiary/aromatic N) is 1. The molecular weight excluding hydrogens is 447 g/mol. The summed E-state index contributed by atoms with van der Waals surface area (Å²) in [6, 6.07) is 12.5. The van der Waals surface area contributed by atoms with E-state index in [-0.39, 0.29) is 19.8 Å². The third-order valence-corrected chi connectivity index (χ3v) is 4.29. The Kier molecular flexibility index (Phi) is 10.5. The first-order valence-electron chi connectivity index (χ1n) is 10.2. The summed E-state index contributed by atoms with van der Waals surface area (Å²) < 4.78 is 23.2. The minimum absolute atomic E-state index is 0.0188. The van der Waals surface area contributed by atoms with Crippen molar-refractivity contribution in [2.24, 2.45) is 10.8 Å². The highest BCUT2D eigenvalue weighted by Gasteiger charge is 2.11. The van der Waals surface area contributed by atoms with E-state index in [1.165, 1.54) is 0 Å². The van der Waals surface area contributed by atoms with Crippen LogP contribution < -0.4 is 25.9 Å². The number of urea groups is 1. The van der Waals surface area contributed by atoms with E-state index in [4.69, 9.17) is 15.2 Å². The number of carbonyl (C=O) groups excluding carboxylic acids is 2. The number of benzene rings is 2. The topological polar surface area (TPSA) is 155 Å². The highest BCUT2D eigenvalue weighted by molar-refractivity contribution is 6.13. The van der Waals surface area contributed by atoms with Crippen LogP contribution in [0.1, 0.15) is 11.1 Å². The normalized spacial score (nSPS) is 12.9. The Morgan fingerprint density at radius 2 is 1.50 bits per heavy atom. The molecule has 2 atom stereocenters. The summed E-state index contributed by atoms with van der Waals surface area (Å²) in [6.07, 6.45) is -1.01. The molecule has 2 unspecified atom stereocenters. The van der Waals surface area contributed by atoms with Crippen molar-refractivity contribution in [2.45, 2.75) is 12.2 Å². The number of alkyl halides is 1. The molecule has 0 saturated carbocycles. The molecule has 6 N–H and O–H groups in total. The van der Waals surface area contributed by atoms with Crippen LogP contribution in [0.3, 0.4) is 0 Å². The molecule has 34 heavy (non-hydrogen) atoms. The van der Waals surface area contributed by atoms with E-state index in [0.29, 0.717) is 28.3 Å². The van der Waals surface area contributed by atoms with E-state index >= 15 is 0 Å². The Balaban J connectivity index is 2.08. The van der Waals surface area contributed by atoms with Gasteiger partial charge in [0.2, 0.25) is 5.91 Å². The maximum Gasteiger partial charge on any atom is 0.332 e. The number of rotatable bonds is 13. The lowest BCUT2D eigenvalue weighted by molar-refractivity contribution is -0.117. The van der Waals surface area contributed by atoms with Gasteiger partial charge in [-0.25, -0.2) is 14.6 Å². The molecule has 2 aromatic carbocycles. The molecular formula is C23H27FN4O6. The Morgan fingerprint density at radius 3 is 1.94 bits per heavy atom. The van der Waals surface area contributed by atoms with Crippen molar-refractivity contribution in [3.63, 3.8) is 0 Å². The molecule has 2 rings (SSSR count). The van der Waals surface area contributed by atoms with Gasteiger partial charge in [-0.05, 0) is 54.6 Å². The zero-order chi connectivity index (χ0) is 24.9. The standard InChI is InChI=1S/C23H27FN4O6/c1-2-21(31)26-12-18(30)14-34-20-9-5-16(6-10-20)22(27-28-23(25)32)15-3-7-19(8-4-15)33-13-17(29)11-24/h2-10,17-18,29-30H,1,11-14H2,(H,26,31)(H3,25,28,32)/b27-22-. The van der Waals surface area contributed by atoms with Crippen molar-refractivity contribution in [1.82, 2.24) is 10.7 Å². The lowest BCUT2D eigenvalue weighted by atomic mass is 10.0. The predicted octanol–water partition coefficient (Wildman–Crippen LogP) is 0.858. The summed E-state index contributed by atoms with van der Waals surface area (Å²) in [7, 11) is 0. The monoisotopic (exact) mass is 474 g/mol. The van der Waals surface area contributed by atoms with Gasteiger partial charge in [0.25, 0.3) is 0 Å². The largest absolute Gasteiger partial charge is 0.491 e. The first-order chi connectivity index (χ1) is 16.3. The lowest BCUT2D eigenvalue weighted by Gasteiger charge is -2.14. The fourth-order valence-electron chi connectivity index (χ4n) is 2.60. The van der Waals surface area contributed by atoms with Gasteiger partial charge in [-0.1, -0.05) is 6.58 Å². The molecule has 0 aliphatic carbocycles. The number of nitrogens with one attached hydrogen (secondary N) is 2. The van der Waals surface area contributed by atoms with Crippen LogP contribution in [-0.4, -0.2) is 66.5 Å². The molecule has 0 fully saturated rings. The predicted molar refractivity (Wildman–Crippen MR) is 123 cm³/mol. The number of aliphatic hydroxyl groups excluding tert-OH is 2. The van der Waals surface area contributed by atoms with Crippen molar-refractivity contribution in [3.05, 3.63) is 72.3 Å². The SMILES string of the molecule is C=CC(=O)NCC(O)COc1ccc(/C(=N\NC(N)=O)c2ccc(OCC(O)CF)cc2)cc1. The molecule has 10 nitrogen and oxygen atoms in total. The van der Waals surface area contributed by atoms with Gasteiger partial charge < -0.3 is 30.7 Å². The van der Waals surface area contributed by atoms with E-state index in [2.05, 4.69) is 22.4 Å². The van der Waals surface area contributed by atoms with Crippen LogP contribution in [0.5, 0.6) is 11.5 Å². The second-order valence-electron chi connectivity index (χ2n) is 7.02. The number of hydrogen-bond acceptors (Lipinski definition) is 7. The van der Waals surface area contributed by atoms with Crippen LogP contribution in [0.25, 0.3) is 0 Å². The van der Waals surface area contributed by atoms with Crippen LogP contribution >= 0.6 is 0 Å². The number of ether oxygens (including phenoxy) is 2. The van der Waals surface area contributed by atoms with Crippen LogP contribution in [0, 0.1) is 0 Å². The van der Waals surface area contributed by atoms with Gasteiger partial charge in [0.1, 0.15) is 43.6 Å². The minimum Gasteiger partial charge on any atom is -0.491 e. The number of nitrogens with two attached hydrogens (primary N) is 1. The number of amides is 3. The van der Waals surface area contributed by atoms with Crippen molar-refractivity contribution >= 4 is 17.6 Å². The zero-order valence-electron chi connectivity index (χ0n) is 18.3. The average molecular weight is 474 g/mol. The number of aliphatic hydroxyl groups is 2. The van der Waals surface area contributed by atoms with E-state index in [0.717, 1.165) is 6.08 Å². The Hall–Kier alpha value is -3.96. The summed E-state index contributed by atoms with van der Waals surface area (Å²) in [5, 5.41) is 25.7. The van der Waals surface area contributed by atoms with E-state index < -0.39 is 30.8 Å². The first kappa shape index (κ1) is 26.3. The summed E-state index contributed by atoms with van der Waals surface area (Å²) >= 11 is 0. The molecule has 0 spiro atoms. The van der Waals surface area contributed by atoms with Gasteiger partial charge in [-0.2, -0.15) is 5.10 Å². The highest BCUT2D eigenvalue weighted by atomic mass is 19.1. The van der Waals surface area contributed by atoms with E-state index in [1.807, 2.05) is 0 Å². The molecule has 0 radical (unpaired) electrons. The summed E-state index contributed by atoms with van der Waals surface area (Å²) in [5.41, 5.74) is 8.98. The van der Waals surface area contributed by atoms with Gasteiger partial charge in [0.05, 0.1) is 5.71 Å². The number of hydrogen-bond donors (Lipinski definition) is 5. The molecule has 0 aromatic heterocycles. The number of primary amides is 1. The van der Waals surface area contributed by atoms with Crippen LogP contribution in [0.15, 0.2) is 66.3 Å². The quantitative estimate of drug-likeness (QED) is 0.165. The molecule has 2 aromatic rings. The second kappa shape index (κ2) is 13.6. The summed E-state index contributed by atoms with van der Waals surface area (Å²) in [5.74, 6) is 0.497. The van der Waals surface area contributed by atoms with Crippen molar-refractivity contribution in [1.29, 1.82) is 0 Å². The zero-order valence-corrected chi connectivity index (χ0v) is 18.3. The van der Waals surface area contributed by atoms with Crippen LogP contribution in [0.2, 0.25) is 0 Å². The minimum atomic E-state index is -1.20. The number of carbonyl (C=O) groups is 2. The van der Waals surface area contributed by atoms with E-state index in [1.54, 1.807) is 48.5 Å². The lowest BCUT2D eigenvalue weighted by Crippen LogP contribution is -2.34. The summed E-state index contributed by atoms with van der Waals surface area (Å²) in [4.78, 5) is 22.3. The maximum absolute atomic E-state index is 12.4. The molecule has 11 heteroatoms. The molecule has 0 saturated heterocycles. The van der Waals surface area contributed by atoms with Gasteiger partial charge in [-0.15, -0.1) is 0 Å². The fourth-order valence-corrected chi connectivity index (χ4v) is 2.60. The van der Waals surface area contributed by atoms with Crippen LogP contribution in [0.4, 0.5) is 9.18 Å². The molecule has 3 amide bonds. The maximum atomic E-state index is 12.4. The third kappa shape index (κ3) is 8.88. The number of hydrazone groups is 1. The van der Waals surface area contributed by atoms with Crippen molar-refractivity contribution in [3.8, 4) is 11.5 Å². The molecule has 0 aliphatic heterocycles. The molecule has 182 valence electrons. The van der Waals surface area contributed by atoms with E-state index in [9.17, 15) is 24.2 Å². The van der Waals surface area contributed by atoms with Crippen molar-refractivity contribution < 1.29 is 33.7 Å². The summed E-state index contributed by atoms with van der Waals surface area (Å²) in [6.45, 7) is 2.22. The van der Waals surface area contributed by atoms with Gasteiger partial charge >= 0.3 is 6.03 Å². The molecule has 0 aliphatic rings. The van der Waals surface area contributed by atoms with Gasteiger partial charge in [-0.3, -0.25) is 4.79 Å². The first-order valence-corrected chi connectivity index (χ1v) is 10.2. The highest BCUT2D eigenvalue weighted by Crippen LogP contribution is 2.19. The Morgan fingerprint density at radius 1 is 1.00 bits per heavy atom. The second-order valence-corrected chi connectivity index (χ2v) is 7.02. The number of halogens is 1. The Bertz CT molecular complexity index is 982. The van der Waals surface area contributed by atoms with Gasteiger partial charge in [0, 0.05) is 17.7 Å². The van der Waals surface area contributed by atoms with Gasteiger partial charge in [0.15, 0.2) is 0 Å². The smallest absolute Gasteiger partial charge is 0.332 e. The Labute approximate surface area is 195 Å².